The maximum atomic E-state index is 12.8. The number of carbonyl (C=O) groups is 1. The molecule has 3 aliphatic heterocycles. The van der Waals surface area contributed by atoms with Crippen LogP contribution in [0.25, 0.3) is 0 Å². The minimum atomic E-state index is -0.908. The Labute approximate surface area is 148 Å². The first-order valence-corrected chi connectivity index (χ1v) is 8.93. The fourth-order valence-corrected chi connectivity index (χ4v) is 3.94. The van der Waals surface area contributed by atoms with Crippen LogP contribution in [0.4, 0.5) is 5.13 Å². The maximum absolute atomic E-state index is 12.8. The number of rotatable bonds is 2. The summed E-state index contributed by atoms with van der Waals surface area (Å²) in [6, 6.07) is 0. The molecule has 3 saturated heterocycles. The van der Waals surface area contributed by atoms with E-state index in [-0.39, 0.29) is 5.91 Å². The molecule has 0 spiro atoms. The summed E-state index contributed by atoms with van der Waals surface area (Å²) < 4.78 is 29.5. The number of nitrogens with zero attached hydrogens (tertiary/aromatic N) is 2. The van der Waals surface area contributed by atoms with E-state index in [9.17, 15) is 4.79 Å². The highest BCUT2D eigenvalue weighted by atomic mass is 32.1. The van der Waals surface area contributed by atoms with Gasteiger partial charge in [0.05, 0.1) is 0 Å². The van der Waals surface area contributed by atoms with Crippen LogP contribution in [0, 0.1) is 6.92 Å². The zero-order valence-electron chi connectivity index (χ0n) is 14.6. The number of hydrogen-bond acceptors (Lipinski definition) is 9. The smallest absolute Gasteiger partial charge is 0.258 e. The molecule has 0 aliphatic carbocycles. The summed E-state index contributed by atoms with van der Waals surface area (Å²) in [7, 11) is 0. The molecule has 9 nitrogen and oxygen atoms in total. The van der Waals surface area contributed by atoms with Crippen molar-refractivity contribution in [2.24, 2.45) is 0 Å². The minimum Gasteiger partial charge on any atom is -0.342 e. The first kappa shape index (κ1) is 17.3. The lowest BCUT2D eigenvalue weighted by Gasteiger charge is -2.36. The van der Waals surface area contributed by atoms with Crippen LogP contribution < -0.4 is 5.32 Å². The lowest BCUT2D eigenvalue weighted by atomic mass is 9.98. The van der Waals surface area contributed by atoms with Crippen LogP contribution in [0.2, 0.25) is 0 Å². The van der Waals surface area contributed by atoms with Gasteiger partial charge in [0, 0.05) is 0 Å². The molecule has 4 heterocycles. The molecule has 0 unspecified atom stereocenters. The molecule has 0 aromatic carbocycles. The van der Waals surface area contributed by atoms with Crippen molar-refractivity contribution in [1.29, 1.82) is 0 Å². The number of carbonyl (C=O) groups excluding carboxylic acids is 1. The second-order valence-electron chi connectivity index (χ2n) is 7.21. The van der Waals surface area contributed by atoms with E-state index in [0.29, 0.717) is 5.13 Å². The highest BCUT2D eigenvalue weighted by Crippen LogP contribution is 2.44. The molecule has 1 aromatic heterocycles. The molecule has 3 aliphatic rings. The zero-order chi connectivity index (χ0) is 18.0. The highest BCUT2D eigenvalue weighted by Gasteiger charge is 2.62. The summed E-state index contributed by atoms with van der Waals surface area (Å²) in [6.07, 6.45) is -3.16. The standard InChI is InChI=1S/C15H21N3O6S/c1-6-17-18-13(25-6)16-11(19)9-7-8(22-14(2,3)21-7)10-12(20-9)24-15(4,5)23-10/h7-10,12H,1-5H3,(H,16,18,19)/t7-,8-,9+,10+,12+/m0/s1. The van der Waals surface area contributed by atoms with Gasteiger partial charge in [0.15, 0.2) is 24.0 Å². The van der Waals surface area contributed by atoms with Crippen LogP contribution in [-0.4, -0.2) is 58.4 Å². The van der Waals surface area contributed by atoms with Crippen molar-refractivity contribution in [3.63, 3.8) is 0 Å². The molecule has 138 valence electrons. The van der Waals surface area contributed by atoms with Crippen LogP contribution in [0.1, 0.15) is 32.7 Å². The molecule has 1 N–H and O–H groups in total. The number of aryl methyl sites for hydroxylation is 1. The average Bonchev–Trinajstić information content (AvgIpc) is 3.11. The van der Waals surface area contributed by atoms with Crippen molar-refractivity contribution < 1.29 is 28.5 Å². The molecule has 0 radical (unpaired) electrons. The van der Waals surface area contributed by atoms with Gasteiger partial charge in [-0.25, -0.2) is 0 Å². The van der Waals surface area contributed by atoms with Gasteiger partial charge in [-0.15, -0.1) is 10.2 Å². The van der Waals surface area contributed by atoms with Gasteiger partial charge < -0.3 is 23.7 Å². The van der Waals surface area contributed by atoms with Gasteiger partial charge >= 0.3 is 0 Å². The van der Waals surface area contributed by atoms with E-state index in [2.05, 4.69) is 15.5 Å². The molecule has 3 fully saturated rings. The third kappa shape index (κ3) is 3.18. The largest absolute Gasteiger partial charge is 0.342 e. The molecule has 5 atom stereocenters. The summed E-state index contributed by atoms with van der Waals surface area (Å²) in [5.41, 5.74) is 0. The highest BCUT2D eigenvalue weighted by molar-refractivity contribution is 7.15. The molecule has 25 heavy (non-hydrogen) atoms. The third-order valence-corrected chi connectivity index (χ3v) is 4.92. The quantitative estimate of drug-likeness (QED) is 0.827. The van der Waals surface area contributed by atoms with E-state index in [4.69, 9.17) is 23.7 Å². The normalized spacial score (nSPS) is 38.2. The van der Waals surface area contributed by atoms with Crippen LogP contribution >= 0.6 is 11.3 Å². The monoisotopic (exact) mass is 371 g/mol. The lowest BCUT2D eigenvalue weighted by Crippen LogP contribution is -2.58. The molecular formula is C15H21N3O6S. The number of anilines is 1. The van der Waals surface area contributed by atoms with Gasteiger partial charge in [-0.2, -0.15) is 0 Å². The molecule has 4 rings (SSSR count). The lowest BCUT2D eigenvalue weighted by molar-refractivity contribution is -0.229. The average molecular weight is 371 g/mol. The zero-order valence-corrected chi connectivity index (χ0v) is 15.5. The van der Waals surface area contributed by atoms with Crippen LogP contribution in [-0.2, 0) is 28.5 Å². The predicted molar refractivity (Wildman–Crippen MR) is 85.8 cm³/mol. The van der Waals surface area contributed by atoms with Gasteiger partial charge in [-0.05, 0) is 34.6 Å². The number of hydrogen-bond donors (Lipinski definition) is 1. The second kappa shape index (κ2) is 5.66. The molecule has 0 bridgehead atoms. The third-order valence-electron chi connectivity index (χ3n) is 4.17. The summed E-state index contributed by atoms with van der Waals surface area (Å²) in [5, 5.41) is 11.7. The van der Waals surface area contributed by atoms with Crippen LogP contribution in [0.5, 0.6) is 0 Å². The number of ether oxygens (including phenoxy) is 5. The van der Waals surface area contributed by atoms with E-state index >= 15 is 0 Å². The Morgan fingerprint density at radius 3 is 2.32 bits per heavy atom. The van der Waals surface area contributed by atoms with Gasteiger partial charge in [0.2, 0.25) is 5.13 Å². The van der Waals surface area contributed by atoms with E-state index in [1.165, 1.54) is 11.3 Å². The van der Waals surface area contributed by atoms with Gasteiger partial charge in [0.25, 0.3) is 5.91 Å². The van der Waals surface area contributed by atoms with Crippen molar-refractivity contribution in [3.05, 3.63) is 5.01 Å². The molecule has 10 heteroatoms. The van der Waals surface area contributed by atoms with E-state index in [0.717, 1.165) is 5.01 Å². The first-order chi connectivity index (χ1) is 11.6. The second-order valence-corrected chi connectivity index (χ2v) is 8.39. The Morgan fingerprint density at radius 1 is 1.00 bits per heavy atom. The molecule has 1 aromatic rings. The SMILES string of the molecule is Cc1nnc(NC(=O)[C@@H]2O[C@@H]3OC(C)(C)O[C@@H]3[C@H]3OC(C)(C)O[C@@H]32)s1. The number of aromatic nitrogens is 2. The fraction of sp³-hybridized carbons (Fsp3) is 0.800. The fourth-order valence-electron chi connectivity index (χ4n) is 3.35. The van der Waals surface area contributed by atoms with E-state index < -0.39 is 42.3 Å². The van der Waals surface area contributed by atoms with Crippen molar-refractivity contribution in [1.82, 2.24) is 10.2 Å². The van der Waals surface area contributed by atoms with Crippen LogP contribution in [0.15, 0.2) is 0 Å². The number of nitrogens with one attached hydrogen (secondary N) is 1. The van der Waals surface area contributed by atoms with Gasteiger partial charge in [-0.3, -0.25) is 10.1 Å². The summed E-state index contributed by atoms with van der Waals surface area (Å²) >= 11 is 1.29. The summed E-state index contributed by atoms with van der Waals surface area (Å²) in [4.78, 5) is 12.8. The minimum absolute atomic E-state index is 0.376. The maximum Gasteiger partial charge on any atom is 0.258 e. The summed E-state index contributed by atoms with van der Waals surface area (Å²) in [5.74, 6) is -2.04. The van der Waals surface area contributed by atoms with Gasteiger partial charge in [-0.1, -0.05) is 11.3 Å². The number of amides is 1. The van der Waals surface area contributed by atoms with Crippen molar-refractivity contribution in [2.75, 3.05) is 5.32 Å². The first-order valence-electron chi connectivity index (χ1n) is 8.11. The molecular weight excluding hydrogens is 350 g/mol. The van der Waals surface area contributed by atoms with Gasteiger partial charge in [0.1, 0.15) is 23.3 Å². The van der Waals surface area contributed by atoms with Crippen LogP contribution in [0.3, 0.4) is 0 Å². The van der Waals surface area contributed by atoms with E-state index in [1.54, 1.807) is 27.7 Å². The Hall–Kier alpha value is -1.17. The van der Waals surface area contributed by atoms with Crippen molar-refractivity contribution in [2.45, 2.75) is 76.9 Å². The Kier molecular flexibility index (Phi) is 3.91. The Bertz CT molecular complexity index is 693. The molecule has 1 amide bonds. The van der Waals surface area contributed by atoms with Crippen molar-refractivity contribution >= 4 is 22.4 Å². The number of fused-ring (bicyclic) bond motifs is 3. The Balaban J connectivity index is 1.58. The topological polar surface area (TPSA) is 101 Å². The molecule has 0 saturated carbocycles. The van der Waals surface area contributed by atoms with Crippen molar-refractivity contribution in [3.8, 4) is 0 Å². The Morgan fingerprint density at radius 2 is 1.64 bits per heavy atom. The predicted octanol–water partition coefficient (Wildman–Crippen LogP) is 1.18. The van der Waals surface area contributed by atoms with E-state index in [1.807, 2.05) is 6.92 Å². The summed E-state index contributed by atoms with van der Waals surface area (Å²) in [6.45, 7) is 9.00.